The molecule has 0 spiro atoms. The van der Waals surface area contributed by atoms with E-state index in [1.807, 2.05) is 6.92 Å². The largest absolute Gasteiger partial charge is 0.487 e. The summed E-state index contributed by atoms with van der Waals surface area (Å²) in [5.74, 6) is 0.870. The molecule has 0 amide bonds. The number of aryl methyl sites for hydroxylation is 1. The van der Waals surface area contributed by atoms with Crippen LogP contribution in [0.5, 0.6) is 5.75 Å². The predicted octanol–water partition coefficient (Wildman–Crippen LogP) is 4.09. The van der Waals surface area contributed by atoms with Crippen molar-refractivity contribution in [2.75, 3.05) is 0 Å². The van der Waals surface area contributed by atoms with Crippen LogP contribution >= 0.6 is 0 Å². The van der Waals surface area contributed by atoms with Crippen molar-refractivity contribution in [2.24, 2.45) is 5.92 Å². The molecule has 88 valence electrons. The fourth-order valence-electron chi connectivity index (χ4n) is 2.37. The Bertz CT molecular complexity index is 362. The maximum absolute atomic E-state index is 13.5. The molecule has 0 bridgehead atoms. The zero-order valence-corrected chi connectivity index (χ0v) is 10.0. The molecule has 0 aliphatic heterocycles. The summed E-state index contributed by atoms with van der Waals surface area (Å²) >= 11 is 0. The highest BCUT2D eigenvalue weighted by Gasteiger charge is 2.21. The topological polar surface area (TPSA) is 9.23 Å². The van der Waals surface area contributed by atoms with Crippen molar-refractivity contribution in [1.29, 1.82) is 0 Å². The Hall–Kier alpha value is -1.05. The summed E-state index contributed by atoms with van der Waals surface area (Å²) in [6.07, 6.45) is 4.76. The smallest absolute Gasteiger partial charge is 0.165 e. The van der Waals surface area contributed by atoms with Crippen molar-refractivity contribution in [3.05, 3.63) is 29.6 Å². The minimum atomic E-state index is -0.246. The van der Waals surface area contributed by atoms with Gasteiger partial charge in [-0.1, -0.05) is 19.4 Å². The summed E-state index contributed by atoms with van der Waals surface area (Å²) in [7, 11) is 0. The Balaban J connectivity index is 2.05. The lowest BCUT2D eigenvalue weighted by Crippen LogP contribution is -2.24. The van der Waals surface area contributed by atoms with Crippen LogP contribution in [0.1, 0.15) is 38.2 Å². The predicted molar refractivity (Wildman–Crippen MR) is 63.2 cm³/mol. The van der Waals surface area contributed by atoms with Gasteiger partial charge in [0, 0.05) is 0 Å². The molecule has 16 heavy (non-hydrogen) atoms. The third kappa shape index (κ3) is 2.75. The number of rotatable bonds is 2. The first-order chi connectivity index (χ1) is 7.65. The minimum absolute atomic E-state index is 0.194. The van der Waals surface area contributed by atoms with Gasteiger partial charge in [-0.2, -0.15) is 0 Å². The number of halogens is 1. The van der Waals surface area contributed by atoms with Gasteiger partial charge in [-0.05, 0) is 49.8 Å². The highest BCUT2D eigenvalue weighted by molar-refractivity contribution is 5.29. The number of ether oxygens (including phenoxy) is 1. The maximum atomic E-state index is 13.5. The van der Waals surface area contributed by atoms with Gasteiger partial charge >= 0.3 is 0 Å². The third-order valence-electron chi connectivity index (χ3n) is 3.27. The maximum Gasteiger partial charge on any atom is 0.165 e. The summed E-state index contributed by atoms with van der Waals surface area (Å²) in [5, 5.41) is 0. The highest BCUT2D eigenvalue weighted by Crippen LogP contribution is 2.28. The van der Waals surface area contributed by atoms with Crippen LogP contribution in [0.25, 0.3) is 0 Å². The molecule has 2 unspecified atom stereocenters. The van der Waals surface area contributed by atoms with E-state index in [4.69, 9.17) is 4.74 Å². The molecule has 1 aliphatic carbocycles. The average molecular weight is 222 g/mol. The van der Waals surface area contributed by atoms with Gasteiger partial charge in [-0.15, -0.1) is 0 Å². The summed E-state index contributed by atoms with van der Waals surface area (Å²) < 4.78 is 19.3. The van der Waals surface area contributed by atoms with E-state index in [-0.39, 0.29) is 11.9 Å². The zero-order valence-electron chi connectivity index (χ0n) is 10.0. The van der Waals surface area contributed by atoms with Crippen LogP contribution in [0, 0.1) is 18.7 Å². The SMILES string of the molecule is Cc1ccc(F)c(OC2CCCC(C)C2)c1. The Labute approximate surface area is 96.6 Å². The highest BCUT2D eigenvalue weighted by atomic mass is 19.1. The molecule has 1 aromatic carbocycles. The number of hydrogen-bond acceptors (Lipinski definition) is 1. The summed E-state index contributed by atoms with van der Waals surface area (Å²) in [6, 6.07) is 5.04. The van der Waals surface area contributed by atoms with Crippen molar-refractivity contribution in [2.45, 2.75) is 45.6 Å². The average Bonchev–Trinajstić information content (AvgIpc) is 2.24. The first kappa shape index (κ1) is 11.4. The fraction of sp³-hybridized carbons (Fsp3) is 0.571. The third-order valence-corrected chi connectivity index (χ3v) is 3.27. The number of hydrogen-bond donors (Lipinski definition) is 0. The van der Waals surface area contributed by atoms with Crippen LogP contribution in [0.4, 0.5) is 4.39 Å². The van der Waals surface area contributed by atoms with E-state index in [1.165, 1.54) is 18.9 Å². The lowest BCUT2D eigenvalue weighted by Gasteiger charge is -2.27. The monoisotopic (exact) mass is 222 g/mol. The standard InChI is InChI=1S/C14H19FO/c1-10-4-3-5-12(8-10)16-14-9-11(2)6-7-13(14)15/h6-7,9-10,12H,3-5,8H2,1-2H3. The fourth-order valence-corrected chi connectivity index (χ4v) is 2.37. The molecule has 1 saturated carbocycles. The van der Waals surface area contributed by atoms with Crippen molar-refractivity contribution in [1.82, 2.24) is 0 Å². The normalized spacial score (nSPS) is 25.4. The summed E-state index contributed by atoms with van der Waals surface area (Å²) in [4.78, 5) is 0. The molecule has 1 aromatic rings. The Morgan fingerprint density at radius 1 is 1.31 bits per heavy atom. The van der Waals surface area contributed by atoms with Crippen LogP contribution in [0.3, 0.4) is 0 Å². The molecule has 2 rings (SSSR count). The Morgan fingerprint density at radius 2 is 2.12 bits per heavy atom. The zero-order chi connectivity index (χ0) is 11.5. The van der Waals surface area contributed by atoms with Gasteiger partial charge < -0.3 is 4.74 Å². The number of benzene rings is 1. The van der Waals surface area contributed by atoms with Crippen LogP contribution in [-0.4, -0.2) is 6.10 Å². The molecular formula is C14H19FO. The van der Waals surface area contributed by atoms with Crippen molar-refractivity contribution >= 4 is 0 Å². The molecule has 1 fully saturated rings. The first-order valence-corrected chi connectivity index (χ1v) is 6.08. The van der Waals surface area contributed by atoms with Gasteiger partial charge in [0.1, 0.15) is 0 Å². The molecule has 2 heteroatoms. The van der Waals surface area contributed by atoms with Gasteiger partial charge in [-0.3, -0.25) is 0 Å². The first-order valence-electron chi connectivity index (χ1n) is 6.08. The lowest BCUT2D eigenvalue weighted by atomic mass is 9.89. The van der Waals surface area contributed by atoms with Gasteiger partial charge in [0.25, 0.3) is 0 Å². The van der Waals surface area contributed by atoms with E-state index in [0.29, 0.717) is 11.7 Å². The van der Waals surface area contributed by atoms with Crippen LogP contribution in [-0.2, 0) is 0 Å². The minimum Gasteiger partial charge on any atom is -0.487 e. The van der Waals surface area contributed by atoms with Crippen molar-refractivity contribution in [3.8, 4) is 5.75 Å². The van der Waals surface area contributed by atoms with Gasteiger partial charge in [0.2, 0.25) is 0 Å². The van der Waals surface area contributed by atoms with Crippen LogP contribution < -0.4 is 4.74 Å². The molecule has 0 radical (unpaired) electrons. The van der Waals surface area contributed by atoms with E-state index < -0.39 is 0 Å². The second-order valence-electron chi connectivity index (χ2n) is 4.95. The molecular weight excluding hydrogens is 203 g/mol. The summed E-state index contributed by atoms with van der Waals surface area (Å²) in [6.45, 7) is 4.19. The van der Waals surface area contributed by atoms with Gasteiger partial charge in [0.15, 0.2) is 11.6 Å². The van der Waals surface area contributed by atoms with Crippen molar-refractivity contribution in [3.63, 3.8) is 0 Å². The Kier molecular flexibility index (Phi) is 3.47. The van der Waals surface area contributed by atoms with Crippen molar-refractivity contribution < 1.29 is 9.13 Å². The molecule has 0 aromatic heterocycles. The van der Waals surface area contributed by atoms with E-state index in [0.717, 1.165) is 18.4 Å². The summed E-state index contributed by atoms with van der Waals surface area (Å²) in [5.41, 5.74) is 1.04. The van der Waals surface area contributed by atoms with Gasteiger partial charge in [0.05, 0.1) is 6.10 Å². The van der Waals surface area contributed by atoms with E-state index in [1.54, 1.807) is 12.1 Å². The molecule has 1 aliphatic rings. The second-order valence-corrected chi connectivity index (χ2v) is 4.95. The second kappa shape index (κ2) is 4.86. The van der Waals surface area contributed by atoms with E-state index in [2.05, 4.69) is 6.92 Å². The van der Waals surface area contributed by atoms with E-state index in [9.17, 15) is 4.39 Å². The quantitative estimate of drug-likeness (QED) is 0.732. The van der Waals surface area contributed by atoms with Gasteiger partial charge in [-0.25, -0.2) is 4.39 Å². The van der Waals surface area contributed by atoms with Crippen LogP contribution in [0.2, 0.25) is 0 Å². The molecule has 0 saturated heterocycles. The molecule has 2 atom stereocenters. The molecule has 1 nitrogen and oxygen atoms in total. The van der Waals surface area contributed by atoms with E-state index >= 15 is 0 Å². The lowest BCUT2D eigenvalue weighted by molar-refractivity contribution is 0.124. The molecule has 0 heterocycles. The Morgan fingerprint density at radius 3 is 2.88 bits per heavy atom. The molecule has 0 N–H and O–H groups in total. The van der Waals surface area contributed by atoms with Crippen LogP contribution in [0.15, 0.2) is 18.2 Å².